The number of carbonyl (C=O) groups is 1. The van der Waals surface area contributed by atoms with E-state index in [0.29, 0.717) is 28.2 Å². The number of methoxy groups -OCH3 is 1. The average molecular weight is 404 g/mol. The van der Waals surface area contributed by atoms with Crippen LogP contribution in [-0.2, 0) is 10.5 Å². The topological polar surface area (TPSA) is 77.2 Å². The zero-order valence-corrected chi connectivity index (χ0v) is 16.4. The maximum atomic E-state index is 12.0. The lowest BCUT2D eigenvalue weighted by Gasteiger charge is -2.06. The van der Waals surface area contributed by atoms with Crippen LogP contribution < -0.4 is 10.1 Å². The average Bonchev–Trinajstić information content (AvgIpc) is 3.14. The molecule has 0 aliphatic rings. The summed E-state index contributed by atoms with van der Waals surface area (Å²) < 4.78 is 10.4. The molecule has 140 valence electrons. The number of amides is 1. The van der Waals surface area contributed by atoms with Crippen molar-refractivity contribution in [1.82, 2.24) is 10.1 Å². The largest absolute Gasteiger partial charge is 0.497 e. The van der Waals surface area contributed by atoms with E-state index in [-0.39, 0.29) is 11.7 Å². The fourth-order valence-corrected chi connectivity index (χ4v) is 3.10. The van der Waals surface area contributed by atoms with Gasteiger partial charge in [-0.3, -0.25) is 4.79 Å². The number of nitrogens with zero attached hydrogens (tertiary/aromatic N) is 2. The van der Waals surface area contributed by atoms with Gasteiger partial charge >= 0.3 is 0 Å². The van der Waals surface area contributed by atoms with Gasteiger partial charge in [-0.1, -0.05) is 22.8 Å². The molecule has 0 aliphatic carbocycles. The normalized spacial score (nSPS) is 10.6. The van der Waals surface area contributed by atoms with Gasteiger partial charge in [-0.05, 0) is 48.9 Å². The summed E-state index contributed by atoms with van der Waals surface area (Å²) in [5.74, 6) is 2.34. The second-order valence-corrected chi connectivity index (χ2v) is 7.14. The molecule has 0 fully saturated rings. The number of hydrogen-bond donors (Lipinski definition) is 1. The number of rotatable bonds is 7. The van der Waals surface area contributed by atoms with E-state index >= 15 is 0 Å². The third-order valence-corrected chi connectivity index (χ3v) is 5.06. The number of carbonyl (C=O) groups excluding carboxylic acids is 1. The first-order valence-corrected chi connectivity index (χ1v) is 9.69. The van der Waals surface area contributed by atoms with Crippen molar-refractivity contribution in [2.45, 2.75) is 12.7 Å². The highest BCUT2D eigenvalue weighted by Crippen LogP contribution is 2.22. The smallest absolute Gasteiger partial charge is 0.236 e. The number of benzene rings is 2. The number of ether oxygens (including phenoxy) is 1. The molecule has 0 radical (unpaired) electrons. The molecule has 0 aliphatic heterocycles. The molecule has 2 aromatic carbocycles. The molecular formula is C19H18ClN3O3S. The third-order valence-electron chi connectivity index (χ3n) is 3.73. The second-order valence-electron chi connectivity index (χ2n) is 5.75. The van der Waals surface area contributed by atoms with Crippen LogP contribution in [0.4, 0.5) is 5.69 Å². The number of hydrogen-bond acceptors (Lipinski definition) is 6. The molecule has 0 saturated heterocycles. The maximum absolute atomic E-state index is 12.0. The van der Waals surface area contributed by atoms with Crippen LogP contribution in [0.25, 0.3) is 11.4 Å². The van der Waals surface area contributed by atoms with Crippen LogP contribution in [0.3, 0.4) is 0 Å². The van der Waals surface area contributed by atoms with Gasteiger partial charge in [0.25, 0.3) is 0 Å². The van der Waals surface area contributed by atoms with Crippen LogP contribution in [0.5, 0.6) is 5.75 Å². The zero-order chi connectivity index (χ0) is 19.2. The Morgan fingerprint density at radius 2 is 2.04 bits per heavy atom. The van der Waals surface area contributed by atoms with E-state index in [2.05, 4.69) is 15.5 Å². The minimum absolute atomic E-state index is 0.116. The summed E-state index contributed by atoms with van der Waals surface area (Å²) in [6.07, 6.45) is 0. The number of thioether (sulfide) groups is 1. The van der Waals surface area contributed by atoms with Crippen molar-refractivity contribution in [3.8, 4) is 17.1 Å². The van der Waals surface area contributed by atoms with E-state index in [1.807, 2.05) is 43.3 Å². The van der Waals surface area contributed by atoms with E-state index in [9.17, 15) is 4.79 Å². The molecule has 1 amide bonds. The summed E-state index contributed by atoms with van der Waals surface area (Å²) >= 11 is 7.45. The number of aryl methyl sites for hydroxylation is 1. The van der Waals surface area contributed by atoms with Gasteiger partial charge in [-0.2, -0.15) is 4.98 Å². The second kappa shape index (κ2) is 8.92. The van der Waals surface area contributed by atoms with Gasteiger partial charge < -0.3 is 14.6 Å². The molecule has 0 atom stereocenters. The predicted molar refractivity (Wildman–Crippen MR) is 107 cm³/mol. The molecule has 6 nitrogen and oxygen atoms in total. The van der Waals surface area contributed by atoms with Crippen molar-refractivity contribution in [3.63, 3.8) is 0 Å². The maximum Gasteiger partial charge on any atom is 0.236 e. The summed E-state index contributed by atoms with van der Waals surface area (Å²) in [4.78, 5) is 16.4. The Hall–Kier alpha value is -2.51. The van der Waals surface area contributed by atoms with Crippen LogP contribution >= 0.6 is 23.4 Å². The Bertz CT molecular complexity index is 928. The van der Waals surface area contributed by atoms with Crippen molar-refractivity contribution in [1.29, 1.82) is 0 Å². The molecule has 8 heteroatoms. The summed E-state index contributed by atoms with van der Waals surface area (Å²) in [7, 11) is 1.61. The molecular weight excluding hydrogens is 386 g/mol. The lowest BCUT2D eigenvalue weighted by atomic mass is 10.2. The summed E-state index contributed by atoms with van der Waals surface area (Å²) in [6.45, 7) is 1.91. The number of aromatic nitrogens is 2. The molecule has 3 aromatic rings. The molecule has 3 rings (SSSR count). The highest BCUT2D eigenvalue weighted by molar-refractivity contribution is 7.99. The Labute approximate surface area is 166 Å². The Kier molecular flexibility index (Phi) is 6.36. The third kappa shape index (κ3) is 5.24. The van der Waals surface area contributed by atoms with Gasteiger partial charge in [0.15, 0.2) is 0 Å². The highest BCUT2D eigenvalue weighted by Gasteiger charge is 2.10. The number of nitrogens with one attached hydrogen (secondary N) is 1. The molecule has 1 N–H and O–H groups in total. The van der Waals surface area contributed by atoms with Gasteiger partial charge in [0, 0.05) is 16.3 Å². The zero-order valence-electron chi connectivity index (χ0n) is 14.9. The number of anilines is 1. The first-order chi connectivity index (χ1) is 13.0. The monoisotopic (exact) mass is 403 g/mol. The van der Waals surface area contributed by atoms with Crippen LogP contribution in [0.15, 0.2) is 47.0 Å². The summed E-state index contributed by atoms with van der Waals surface area (Å²) in [5.41, 5.74) is 2.48. The van der Waals surface area contributed by atoms with E-state index in [1.54, 1.807) is 13.2 Å². The van der Waals surface area contributed by atoms with Crippen LogP contribution in [0, 0.1) is 6.92 Å². The van der Waals surface area contributed by atoms with Gasteiger partial charge in [-0.25, -0.2) is 0 Å². The quantitative estimate of drug-likeness (QED) is 0.622. The van der Waals surface area contributed by atoms with E-state index in [1.165, 1.54) is 11.8 Å². The Morgan fingerprint density at radius 1 is 1.26 bits per heavy atom. The van der Waals surface area contributed by atoms with Gasteiger partial charge in [-0.15, -0.1) is 11.8 Å². The van der Waals surface area contributed by atoms with Crippen LogP contribution in [-0.4, -0.2) is 28.9 Å². The van der Waals surface area contributed by atoms with Crippen molar-refractivity contribution in [2.75, 3.05) is 18.2 Å². The molecule has 0 bridgehead atoms. The first kappa shape index (κ1) is 19.3. The fourth-order valence-electron chi connectivity index (χ4n) is 2.27. The fraction of sp³-hybridized carbons (Fsp3) is 0.211. The summed E-state index contributed by atoms with van der Waals surface area (Å²) in [6, 6.07) is 12.8. The van der Waals surface area contributed by atoms with E-state index < -0.39 is 0 Å². The van der Waals surface area contributed by atoms with Crippen molar-refractivity contribution in [2.24, 2.45) is 0 Å². The number of halogens is 1. The van der Waals surface area contributed by atoms with E-state index in [0.717, 1.165) is 16.9 Å². The molecule has 1 aromatic heterocycles. The lowest BCUT2D eigenvalue weighted by Crippen LogP contribution is -2.14. The predicted octanol–water partition coefficient (Wildman–Crippen LogP) is 4.58. The van der Waals surface area contributed by atoms with Crippen LogP contribution in [0.1, 0.15) is 11.5 Å². The summed E-state index contributed by atoms with van der Waals surface area (Å²) in [5, 5.41) is 7.41. The van der Waals surface area contributed by atoms with Gasteiger partial charge in [0.1, 0.15) is 5.75 Å². The van der Waals surface area contributed by atoms with Gasteiger partial charge in [0.2, 0.25) is 17.6 Å². The molecule has 1 heterocycles. The Balaban J connectivity index is 1.49. The first-order valence-electron chi connectivity index (χ1n) is 8.16. The molecule has 0 spiro atoms. The van der Waals surface area contributed by atoms with Crippen molar-refractivity contribution >= 4 is 35.0 Å². The molecule has 0 saturated carbocycles. The van der Waals surface area contributed by atoms with Crippen LogP contribution in [0.2, 0.25) is 5.02 Å². The van der Waals surface area contributed by atoms with E-state index in [4.69, 9.17) is 20.9 Å². The lowest BCUT2D eigenvalue weighted by molar-refractivity contribution is -0.113. The molecule has 0 unspecified atom stereocenters. The highest BCUT2D eigenvalue weighted by atomic mass is 35.5. The Morgan fingerprint density at radius 3 is 2.74 bits per heavy atom. The van der Waals surface area contributed by atoms with Gasteiger partial charge in [0.05, 0.1) is 18.6 Å². The van der Waals surface area contributed by atoms with Crippen molar-refractivity contribution in [3.05, 3.63) is 58.9 Å². The SMILES string of the molecule is COc1ccc(-c2noc(CSCC(=O)Nc3ccc(C)c(Cl)c3)n2)cc1. The minimum atomic E-state index is -0.116. The standard InChI is InChI=1S/C19H18ClN3O3S/c1-12-3-6-14(9-16(12)20)21-17(24)10-27-11-18-22-19(23-26-18)13-4-7-15(25-2)8-5-13/h3-9H,10-11H2,1-2H3,(H,21,24). The van der Waals surface area contributed by atoms with Crippen molar-refractivity contribution < 1.29 is 14.1 Å². The minimum Gasteiger partial charge on any atom is -0.497 e. The molecule has 27 heavy (non-hydrogen) atoms.